The minimum atomic E-state index is -4.43. The summed E-state index contributed by atoms with van der Waals surface area (Å²) >= 11 is 6.44. The number of carbonyl (C=O) groups excluding carboxylic acids is 2. The molecule has 2 N–H and O–H groups in total. The number of rotatable bonds is 8. The summed E-state index contributed by atoms with van der Waals surface area (Å²) in [6.07, 6.45) is -3.49. The molecule has 34 heavy (non-hydrogen) atoms. The van der Waals surface area contributed by atoms with Crippen LogP contribution in [0.5, 0.6) is 0 Å². The molecule has 1 unspecified atom stereocenters. The van der Waals surface area contributed by atoms with Crippen LogP contribution in [-0.4, -0.2) is 18.4 Å². The molecular formula is C26H24ClF3N2O2. The molecule has 0 bridgehead atoms. The van der Waals surface area contributed by atoms with Crippen molar-refractivity contribution >= 4 is 29.1 Å². The molecule has 3 aromatic rings. The second-order valence-corrected chi connectivity index (χ2v) is 8.23. The first kappa shape index (κ1) is 25.3. The molecule has 0 aromatic heterocycles. The van der Waals surface area contributed by atoms with Crippen LogP contribution in [0.25, 0.3) is 0 Å². The molecule has 0 spiro atoms. The van der Waals surface area contributed by atoms with Gasteiger partial charge in [-0.3, -0.25) is 9.59 Å². The third-order valence-electron chi connectivity index (χ3n) is 5.55. The minimum Gasteiger partial charge on any atom is -0.369 e. The van der Waals surface area contributed by atoms with Crippen LogP contribution in [0.1, 0.15) is 35.1 Å². The summed E-state index contributed by atoms with van der Waals surface area (Å²) in [7, 11) is 0. The van der Waals surface area contributed by atoms with Crippen molar-refractivity contribution in [3.8, 4) is 0 Å². The first-order valence-corrected chi connectivity index (χ1v) is 11.1. The second kappa shape index (κ2) is 10.7. The fourth-order valence-electron chi connectivity index (χ4n) is 3.67. The maximum Gasteiger partial charge on any atom is 0.416 e. The van der Waals surface area contributed by atoms with Gasteiger partial charge in [-0.1, -0.05) is 67.1 Å². The third kappa shape index (κ3) is 5.97. The fraction of sp³-hybridized carbons (Fsp3) is 0.231. The quantitative estimate of drug-likeness (QED) is 0.409. The Balaban J connectivity index is 1.97. The molecule has 0 aliphatic rings. The average molecular weight is 489 g/mol. The number of nitrogens with zero attached hydrogens (tertiary/aromatic N) is 1. The maximum absolute atomic E-state index is 13.7. The van der Waals surface area contributed by atoms with Crippen molar-refractivity contribution in [2.75, 3.05) is 11.4 Å². The van der Waals surface area contributed by atoms with Gasteiger partial charge < -0.3 is 10.6 Å². The number of amides is 2. The Morgan fingerprint density at radius 2 is 1.59 bits per heavy atom. The van der Waals surface area contributed by atoms with Crippen molar-refractivity contribution in [1.29, 1.82) is 0 Å². The largest absolute Gasteiger partial charge is 0.416 e. The van der Waals surface area contributed by atoms with E-state index in [1.54, 1.807) is 42.5 Å². The van der Waals surface area contributed by atoms with Gasteiger partial charge in [-0.2, -0.15) is 13.2 Å². The van der Waals surface area contributed by atoms with Gasteiger partial charge in [-0.25, -0.2) is 0 Å². The lowest BCUT2D eigenvalue weighted by atomic mass is 9.96. The van der Waals surface area contributed by atoms with Crippen LogP contribution in [0.3, 0.4) is 0 Å². The number of halogens is 4. The molecule has 0 saturated carbocycles. The highest BCUT2D eigenvalue weighted by molar-refractivity contribution is 6.34. The number of nitrogens with two attached hydrogens (primary N) is 1. The van der Waals surface area contributed by atoms with Gasteiger partial charge in [-0.15, -0.1) is 0 Å². The van der Waals surface area contributed by atoms with E-state index >= 15 is 0 Å². The van der Waals surface area contributed by atoms with Crippen molar-refractivity contribution in [1.82, 2.24) is 0 Å². The van der Waals surface area contributed by atoms with Gasteiger partial charge in [0.25, 0.3) is 0 Å². The summed E-state index contributed by atoms with van der Waals surface area (Å²) in [6.45, 7) is 2.05. The van der Waals surface area contributed by atoms with E-state index in [4.69, 9.17) is 17.3 Å². The molecule has 0 fully saturated rings. The van der Waals surface area contributed by atoms with Crippen molar-refractivity contribution in [2.24, 2.45) is 5.73 Å². The summed E-state index contributed by atoms with van der Waals surface area (Å²) in [5.41, 5.74) is 7.27. The Labute approximate surface area is 201 Å². The Bertz CT molecular complexity index is 1150. The Morgan fingerprint density at radius 1 is 0.971 bits per heavy atom. The van der Waals surface area contributed by atoms with E-state index in [2.05, 4.69) is 0 Å². The molecule has 0 heterocycles. The average Bonchev–Trinajstić information content (AvgIpc) is 2.80. The van der Waals surface area contributed by atoms with Crippen molar-refractivity contribution in [2.45, 2.75) is 31.9 Å². The van der Waals surface area contributed by atoms with Gasteiger partial charge in [0.1, 0.15) is 5.92 Å². The predicted molar refractivity (Wildman–Crippen MR) is 127 cm³/mol. The molecular weight excluding hydrogens is 465 g/mol. The molecule has 0 aliphatic carbocycles. The summed E-state index contributed by atoms with van der Waals surface area (Å²) < 4.78 is 38.7. The number of primary amides is 1. The first-order chi connectivity index (χ1) is 16.1. The maximum atomic E-state index is 13.7. The molecule has 8 heteroatoms. The lowest BCUT2D eigenvalue weighted by Gasteiger charge is -2.28. The highest BCUT2D eigenvalue weighted by atomic mass is 35.5. The summed E-state index contributed by atoms with van der Waals surface area (Å²) in [5, 5.41) is 0.314. The summed E-state index contributed by atoms with van der Waals surface area (Å²) in [4.78, 5) is 27.4. The van der Waals surface area contributed by atoms with Gasteiger partial charge in [0, 0.05) is 6.54 Å². The lowest BCUT2D eigenvalue weighted by molar-refractivity contribution is -0.137. The van der Waals surface area contributed by atoms with Gasteiger partial charge in [0.15, 0.2) is 0 Å². The molecule has 0 radical (unpaired) electrons. The standard InChI is InChI=1S/C26H24ClF3N2O2/c1-2-17-10-13-21(27)22(16-17)32(15-14-18-8-11-20(12-9-18)26(28,29)30)25(34)23(24(31)33)19-6-4-3-5-7-19/h3-13,16,23H,2,14-15H2,1H3,(H2,31,33). The van der Waals surface area contributed by atoms with Crippen molar-refractivity contribution < 1.29 is 22.8 Å². The van der Waals surface area contributed by atoms with Crippen LogP contribution in [-0.2, 0) is 28.6 Å². The normalized spacial score (nSPS) is 12.3. The van der Waals surface area contributed by atoms with E-state index in [0.717, 1.165) is 17.7 Å². The monoisotopic (exact) mass is 488 g/mol. The van der Waals surface area contributed by atoms with Gasteiger partial charge in [0.05, 0.1) is 16.3 Å². The topological polar surface area (TPSA) is 63.4 Å². The number of anilines is 1. The Kier molecular flexibility index (Phi) is 7.99. The van der Waals surface area contributed by atoms with Gasteiger partial charge in [0.2, 0.25) is 11.8 Å². The SMILES string of the molecule is CCc1ccc(Cl)c(N(CCc2ccc(C(F)(F)F)cc2)C(=O)C(C(N)=O)c2ccccc2)c1. The molecule has 178 valence electrons. The van der Waals surface area contributed by atoms with E-state index in [-0.39, 0.29) is 13.0 Å². The van der Waals surface area contributed by atoms with Crippen LogP contribution < -0.4 is 10.6 Å². The fourth-order valence-corrected chi connectivity index (χ4v) is 3.89. The molecule has 2 amide bonds. The van der Waals surface area contributed by atoms with E-state index in [1.165, 1.54) is 17.0 Å². The van der Waals surface area contributed by atoms with Gasteiger partial charge >= 0.3 is 6.18 Å². The third-order valence-corrected chi connectivity index (χ3v) is 5.86. The first-order valence-electron chi connectivity index (χ1n) is 10.7. The molecule has 3 rings (SSSR count). The zero-order chi connectivity index (χ0) is 24.9. The van der Waals surface area contributed by atoms with E-state index in [1.807, 2.05) is 13.0 Å². The zero-order valence-electron chi connectivity index (χ0n) is 18.5. The van der Waals surface area contributed by atoms with Crippen molar-refractivity contribution in [3.05, 3.63) is 100 Å². The number of hydrogen-bond acceptors (Lipinski definition) is 2. The minimum absolute atomic E-state index is 0.0910. The molecule has 0 saturated heterocycles. The van der Waals surface area contributed by atoms with E-state index < -0.39 is 29.5 Å². The van der Waals surface area contributed by atoms with Crippen LogP contribution >= 0.6 is 11.6 Å². The highest BCUT2D eigenvalue weighted by Gasteiger charge is 2.33. The second-order valence-electron chi connectivity index (χ2n) is 7.82. The van der Waals surface area contributed by atoms with Gasteiger partial charge in [-0.05, 0) is 53.8 Å². The molecule has 3 aromatic carbocycles. The molecule has 4 nitrogen and oxygen atoms in total. The Morgan fingerprint density at radius 3 is 2.15 bits per heavy atom. The smallest absolute Gasteiger partial charge is 0.369 e. The molecule has 1 atom stereocenters. The zero-order valence-corrected chi connectivity index (χ0v) is 19.2. The summed E-state index contributed by atoms with van der Waals surface area (Å²) in [6, 6.07) is 18.5. The highest BCUT2D eigenvalue weighted by Crippen LogP contribution is 2.32. The summed E-state index contributed by atoms with van der Waals surface area (Å²) in [5.74, 6) is -2.60. The van der Waals surface area contributed by atoms with Crippen molar-refractivity contribution in [3.63, 3.8) is 0 Å². The number of alkyl halides is 3. The number of hydrogen-bond donors (Lipinski definition) is 1. The number of benzene rings is 3. The van der Waals surface area contributed by atoms with E-state index in [9.17, 15) is 22.8 Å². The Hall–Kier alpha value is -3.32. The predicted octanol–water partition coefficient (Wildman–Crippen LogP) is 5.77. The number of carbonyl (C=O) groups is 2. The number of aryl methyl sites for hydroxylation is 1. The van der Waals surface area contributed by atoms with E-state index in [0.29, 0.717) is 28.3 Å². The van der Waals surface area contributed by atoms with Crippen LogP contribution in [0.15, 0.2) is 72.8 Å². The van der Waals surface area contributed by atoms with Crippen LogP contribution in [0, 0.1) is 0 Å². The lowest BCUT2D eigenvalue weighted by Crippen LogP contribution is -2.42. The molecule has 0 aliphatic heterocycles. The van der Waals surface area contributed by atoms with Crippen LogP contribution in [0.2, 0.25) is 5.02 Å². The van der Waals surface area contributed by atoms with Crippen LogP contribution in [0.4, 0.5) is 18.9 Å².